The molecule has 7 heteroatoms. The van der Waals surface area contributed by atoms with Crippen LogP contribution in [0, 0.1) is 5.82 Å². The van der Waals surface area contributed by atoms with Gasteiger partial charge in [0.05, 0.1) is 22.1 Å². The fraction of sp³-hybridized carbons (Fsp3) is 0.429. The maximum atomic E-state index is 13.0. The van der Waals surface area contributed by atoms with E-state index in [2.05, 4.69) is 10.2 Å². The van der Waals surface area contributed by atoms with E-state index in [1.54, 1.807) is 12.1 Å². The van der Waals surface area contributed by atoms with Crippen molar-refractivity contribution in [2.45, 2.75) is 29.8 Å². The molecule has 2 aromatic rings. The highest BCUT2D eigenvalue weighted by Crippen LogP contribution is 2.31. The van der Waals surface area contributed by atoms with Crippen LogP contribution in [0.25, 0.3) is 0 Å². The van der Waals surface area contributed by atoms with Crippen LogP contribution < -0.4 is 10.1 Å². The minimum atomic E-state index is -1.08. The average Bonchev–Trinajstić information content (AvgIpc) is 3.17. The van der Waals surface area contributed by atoms with Gasteiger partial charge in [-0.2, -0.15) is 0 Å². The van der Waals surface area contributed by atoms with Gasteiger partial charge in [0.1, 0.15) is 11.6 Å². The van der Waals surface area contributed by atoms with Gasteiger partial charge in [-0.3, -0.25) is 4.21 Å². The predicted molar refractivity (Wildman–Crippen MR) is 108 cm³/mol. The van der Waals surface area contributed by atoms with E-state index in [4.69, 9.17) is 4.74 Å². The summed E-state index contributed by atoms with van der Waals surface area (Å²) >= 11 is 0. The number of halogens is 1. The molecule has 2 aliphatic heterocycles. The fourth-order valence-corrected chi connectivity index (χ4v) is 4.90. The highest BCUT2D eigenvalue weighted by Gasteiger charge is 2.32. The summed E-state index contributed by atoms with van der Waals surface area (Å²) in [5, 5.41) is 14.0. The number of rotatable bonds is 6. The molecule has 2 heterocycles. The Morgan fingerprint density at radius 2 is 1.93 bits per heavy atom. The molecular formula is C21H25FN2O3S. The number of hydrogen-bond acceptors (Lipinski definition) is 5. The second-order valence-electron chi connectivity index (χ2n) is 7.54. The van der Waals surface area contributed by atoms with E-state index >= 15 is 0 Å². The number of ether oxygens (including phenoxy) is 1. The molecule has 0 bridgehead atoms. The second kappa shape index (κ2) is 8.19. The number of aliphatic hydroxyl groups is 1. The number of anilines is 1. The van der Waals surface area contributed by atoms with Gasteiger partial charge in [0.25, 0.3) is 0 Å². The average molecular weight is 405 g/mol. The van der Waals surface area contributed by atoms with Crippen molar-refractivity contribution in [3.05, 3.63) is 53.8 Å². The third-order valence-electron chi connectivity index (χ3n) is 5.53. The number of nitrogens with zero attached hydrogens (tertiary/aromatic N) is 1. The summed E-state index contributed by atoms with van der Waals surface area (Å²) < 4.78 is 31.1. The summed E-state index contributed by atoms with van der Waals surface area (Å²) in [7, 11) is -1.08. The van der Waals surface area contributed by atoms with Gasteiger partial charge in [-0.25, -0.2) is 4.39 Å². The third-order valence-corrected chi connectivity index (χ3v) is 6.87. The highest BCUT2D eigenvalue weighted by molar-refractivity contribution is 7.85. The molecule has 150 valence electrons. The molecule has 0 aliphatic carbocycles. The van der Waals surface area contributed by atoms with Gasteiger partial charge in [-0.1, -0.05) is 12.1 Å². The lowest BCUT2D eigenvalue weighted by Crippen LogP contribution is -2.46. The smallest absolute Gasteiger partial charge is 0.159 e. The second-order valence-corrected chi connectivity index (χ2v) is 9.11. The van der Waals surface area contributed by atoms with Crippen molar-refractivity contribution in [3.63, 3.8) is 0 Å². The summed E-state index contributed by atoms with van der Waals surface area (Å²) in [5.74, 6) is 1.06. The number of fused-ring (bicyclic) bond motifs is 1. The van der Waals surface area contributed by atoms with Crippen LogP contribution in [0.15, 0.2) is 47.4 Å². The van der Waals surface area contributed by atoms with Crippen LogP contribution in [0.4, 0.5) is 10.1 Å². The van der Waals surface area contributed by atoms with E-state index in [1.165, 1.54) is 12.1 Å². The lowest BCUT2D eigenvalue weighted by Gasteiger charge is -2.38. The Morgan fingerprint density at radius 3 is 2.68 bits per heavy atom. The first kappa shape index (κ1) is 19.4. The Bertz CT molecular complexity index is 851. The molecule has 2 aromatic carbocycles. The van der Waals surface area contributed by atoms with E-state index in [0.717, 1.165) is 41.5 Å². The number of hydrogen-bond donors (Lipinski definition) is 2. The third kappa shape index (κ3) is 4.54. The normalized spacial score (nSPS) is 19.5. The molecule has 4 rings (SSSR count). The van der Waals surface area contributed by atoms with Crippen molar-refractivity contribution in [3.8, 4) is 5.75 Å². The van der Waals surface area contributed by atoms with Gasteiger partial charge >= 0.3 is 0 Å². The maximum absolute atomic E-state index is 13.0. The van der Waals surface area contributed by atoms with Crippen LogP contribution in [-0.4, -0.2) is 51.9 Å². The number of benzene rings is 2. The molecule has 1 fully saturated rings. The van der Waals surface area contributed by atoms with Gasteiger partial charge in [-0.15, -0.1) is 0 Å². The Kier molecular flexibility index (Phi) is 5.66. The van der Waals surface area contributed by atoms with Crippen LogP contribution in [0.2, 0.25) is 0 Å². The molecular weight excluding hydrogens is 379 g/mol. The largest absolute Gasteiger partial charge is 0.471 e. The summed E-state index contributed by atoms with van der Waals surface area (Å²) in [6, 6.07) is 12.0. The number of piperidine rings is 1. The molecule has 0 amide bonds. The summed E-state index contributed by atoms with van der Waals surface area (Å²) in [4.78, 5) is 3.04. The Hall–Kier alpha value is -1.96. The SMILES string of the molecule is O=S(CCN1CCC(O)(Cc2ccc(F)cc2)CC1)c1ccc2c(c1)OCN2. The van der Waals surface area contributed by atoms with Gasteiger partial charge in [0.2, 0.25) is 0 Å². The molecule has 1 saturated heterocycles. The zero-order valence-corrected chi connectivity index (χ0v) is 16.5. The zero-order valence-electron chi connectivity index (χ0n) is 15.7. The van der Waals surface area contributed by atoms with E-state index in [0.29, 0.717) is 31.7 Å². The molecule has 28 heavy (non-hydrogen) atoms. The quantitative estimate of drug-likeness (QED) is 0.775. The van der Waals surface area contributed by atoms with E-state index in [1.807, 2.05) is 18.2 Å². The van der Waals surface area contributed by atoms with E-state index < -0.39 is 16.4 Å². The van der Waals surface area contributed by atoms with Crippen LogP contribution in [0.3, 0.4) is 0 Å². The van der Waals surface area contributed by atoms with Crippen LogP contribution in [0.5, 0.6) is 5.75 Å². The van der Waals surface area contributed by atoms with E-state index in [9.17, 15) is 13.7 Å². The highest BCUT2D eigenvalue weighted by atomic mass is 32.2. The lowest BCUT2D eigenvalue weighted by molar-refractivity contribution is -0.0192. The molecule has 5 nitrogen and oxygen atoms in total. The van der Waals surface area contributed by atoms with Gasteiger partial charge in [0, 0.05) is 36.7 Å². The molecule has 0 radical (unpaired) electrons. The van der Waals surface area contributed by atoms with Crippen molar-refractivity contribution >= 4 is 16.5 Å². The molecule has 2 N–H and O–H groups in total. The monoisotopic (exact) mass is 404 g/mol. The Balaban J connectivity index is 1.26. The molecule has 0 saturated carbocycles. The zero-order chi connectivity index (χ0) is 19.6. The first-order chi connectivity index (χ1) is 13.5. The number of nitrogens with one attached hydrogen (secondary N) is 1. The van der Waals surface area contributed by atoms with Gasteiger partial charge in [0.15, 0.2) is 6.73 Å². The Labute approximate surface area is 167 Å². The predicted octanol–water partition coefficient (Wildman–Crippen LogP) is 2.76. The van der Waals surface area contributed by atoms with E-state index in [-0.39, 0.29) is 5.82 Å². The van der Waals surface area contributed by atoms with Crippen molar-refractivity contribution in [2.24, 2.45) is 0 Å². The van der Waals surface area contributed by atoms with Crippen molar-refractivity contribution in [1.82, 2.24) is 4.90 Å². The standard InChI is InChI=1S/C21H25FN2O3S/c22-17-3-1-16(2-4-17)14-21(25)7-9-24(10-8-21)11-12-28(26)18-5-6-19-20(13-18)27-15-23-19/h1-6,13,23,25H,7-12,14-15H2. The Morgan fingerprint density at radius 1 is 1.18 bits per heavy atom. The van der Waals surface area contributed by atoms with Crippen molar-refractivity contribution in [2.75, 3.05) is 37.4 Å². The summed E-state index contributed by atoms with van der Waals surface area (Å²) in [5.41, 5.74) is 1.14. The van der Waals surface area contributed by atoms with Crippen LogP contribution >= 0.6 is 0 Å². The first-order valence-corrected chi connectivity index (χ1v) is 10.9. The summed E-state index contributed by atoms with van der Waals surface area (Å²) in [6.45, 7) is 2.73. The summed E-state index contributed by atoms with van der Waals surface area (Å²) in [6.07, 6.45) is 1.86. The van der Waals surface area contributed by atoms with Gasteiger partial charge < -0.3 is 20.1 Å². The molecule has 1 atom stereocenters. The molecule has 0 spiro atoms. The molecule has 0 aromatic heterocycles. The van der Waals surface area contributed by atoms with Crippen molar-refractivity contribution < 1.29 is 18.4 Å². The van der Waals surface area contributed by atoms with Gasteiger partial charge in [-0.05, 0) is 48.7 Å². The topological polar surface area (TPSA) is 61.8 Å². The molecule has 1 unspecified atom stereocenters. The molecule has 2 aliphatic rings. The van der Waals surface area contributed by atoms with Crippen LogP contribution in [-0.2, 0) is 17.2 Å². The fourth-order valence-electron chi connectivity index (χ4n) is 3.78. The van der Waals surface area contributed by atoms with Crippen LogP contribution in [0.1, 0.15) is 18.4 Å². The lowest BCUT2D eigenvalue weighted by atomic mass is 9.85. The van der Waals surface area contributed by atoms with Crippen molar-refractivity contribution in [1.29, 1.82) is 0 Å². The minimum Gasteiger partial charge on any atom is -0.471 e. The first-order valence-electron chi connectivity index (χ1n) is 9.59. The minimum absolute atomic E-state index is 0.259. The number of likely N-dealkylation sites (tertiary alicyclic amines) is 1. The maximum Gasteiger partial charge on any atom is 0.159 e.